The molecule has 144 valence electrons. The second kappa shape index (κ2) is 9.66. The lowest BCUT2D eigenvalue weighted by molar-refractivity contribution is -0.144. The molecule has 0 bridgehead atoms. The number of benzene rings is 2. The van der Waals surface area contributed by atoms with Gasteiger partial charge in [0.1, 0.15) is 17.4 Å². The van der Waals surface area contributed by atoms with Crippen LogP contribution in [0, 0.1) is 0 Å². The molecule has 0 saturated heterocycles. The second-order valence-electron chi connectivity index (χ2n) is 5.88. The number of aromatic nitrogens is 1. The average Bonchev–Trinajstić information content (AvgIpc) is 3.14. The van der Waals surface area contributed by atoms with Gasteiger partial charge < -0.3 is 14.8 Å². The molecular weight excluding hydrogens is 376 g/mol. The lowest BCUT2D eigenvalue weighted by Crippen LogP contribution is -2.24. The SMILES string of the molecule is COc1ccc(/C=C/C(=O)NCCC(=O)OCc2nc3ccccc3s2)cc1. The van der Waals surface area contributed by atoms with Crippen molar-refractivity contribution in [3.63, 3.8) is 0 Å². The number of amides is 1. The van der Waals surface area contributed by atoms with Crippen molar-refractivity contribution in [1.82, 2.24) is 10.3 Å². The number of nitrogens with zero attached hydrogens (tertiary/aromatic N) is 1. The zero-order chi connectivity index (χ0) is 19.8. The minimum Gasteiger partial charge on any atom is -0.497 e. The lowest BCUT2D eigenvalue weighted by Gasteiger charge is -2.03. The number of methoxy groups -OCH3 is 1. The summed E-state index contributed by atoms with van der Waals surface area (Å²) in [5.41, 5.74) is 1.78. The summed E-state index contributed by atoms with van der Waals surface area (Å²) in [4.78, 5) is 28.1. The van der Waals surface area contributed by atoms with Crippen LogP contribution in [-0.2, 0) is 20.9 Å². The molecule has 3 rings (SSSR count). The standard InChI is InChI=1S/C21H20N2O4S/c1-26-16-9-6-15(7-10-16)8-11-19(24)22-13-12-21(25)27-14-20-23-17-4-2-3-5-18(17)28-20/h2-11H,12-14H2,1H3,(H,22,24)/b11-8+. The summed E-state index contributed by atoms with van der Waals surface area (Å²) in [5, 5.41) is 3.41. The van der Waals surface area contributed by atoms with Crippen molar-refractivity contribution in [3.05, 3.63) is 65.2 Å². The van der Waals surface area contributed by atoms with E-state index >= 15 is 0 Å². The summed E-state index contributed by atoms with van der Waals surface area (Å²) in [6, 6.07) is 15.1. The van der Waals surface area contributed by atoms with Crippen LogP contribution in [0.3, 0.4) is 0 Å². The molecule has 0 aliphatic heterocycles. The predicted octanol–water partition coefficient (Wildman–Crippen LogP) is 3.57. The first-order chi connectivity index (χ1) is 13.6. The van der Waals surface area contributed by atoms with Crippen LogP contribution in [0.1, 0.15) is 17.0 Å². The molecule has 0 radical (unpaired) electrons. The van der Waals surface area contributed by atoms with Gasteiger partial charge in [-0.05, 0) is 35.9 Å². The molecule has 7 heteroatoms. The van der Waals surface area contributed by atoms with Crippen LogP contribution in [0.15, 0.2) is 54.6 Å². The van der Waals surface area contributed by atoms with Gasteiger partial charge in [0.25, 0.3) is 0 Å². The monoisotopic (exact) mass is 396 g/mol. The van der Waals surface area contributed by atoms with Crippen LogP contribution in [-0.4, -0.2) is 30.5 Å². The molecule has 0 aliphatic rings. The molecule has 1 N–H and O–H groups in total. The van der Waals surface area contributed by atoms with E-state index in [1.54, 1.807) is 13.2 Å². The Morgan fingerprint density at radius 1 is 1.14 bits per heavy atom. The fourth-order valence-corrected chi connectivity index (χ4v) is 3.31. The van der Waals surface area contributed by atoms with Gasteiger partial charge in [-0.1, -0.05) is 24.3 Å². The number of rotatable bonds is 8. The van der Waals surface area contributed by atoms with E-state index in [0.29, 0.717) is 0 Å². The molecule has 0 saturated carbocycles. The van der Waals surface area contributed by atoms with E-state index < -0.39 is 0 Å². The molecule has 1 amide bonds. The molecule has 1 heterocycles. The fourth-order valence-electron chi connectivity index (χ4n) is 2.43. The molecule has 0 spiro atoms. The summed E-state index contributed by atoms with van der Waals surface area (Å²) in [7, 11) is 1.60. The maximum atomic E-state index is 11.8. The molecule has 0 unspecified atom stereocenters. The van der Waals surface area contributed by atoms with Crippen molar-refractivity contribution in [2.75, 3.05) is 13.7 Å². The van der Waals surface area contributed by atoms with Gasteiger partial charge in [0, 0.05) is 12.6 Å². The number of hydrogen-bond donors (Lipinski definition) is 1. The Balaban J connectivity index is 1.37. The minimum atomic E-state index is -0.376. The van der Waals surface area contributed by atoms with Gasteiger partial charge in [0.15, 0.2) is 0 Å². The van der Waals surface area contributed by atoms with Gasteiger partial charge >= 0.3 is 5.97 Å². The highest BCUT2D eigenvalue weighted by molar-refractivity contribution is 7.18. The molecule has 2 aromatic carbocycles. The number of hydrogen-bond acceptors (Lipinski definition) is 6. The Bertz CT molecular complexity index is 946. The number of carbonyl (C=O) groups excluding carboxylic acids is 2. The smallest absolute Gasteiger partial charge is 0.307 e. The number of para-hydroxylation sites is 1. The largest absolute Gasteiger partial charge is 0.497 e. The van der Waals surface area contributed by atoms with E-state index in [2.05, 4.69) is 10.3 Å². The van der Waals surface area contributed by atoms with E-state index in [4.69, 9.17) is 9.47 Å². The van der Waals surface area contributed by atoms with Crippen molar-refractivity contribution in [1.29, 1.82) is 0 Å². The fraction of sp³-hybridized carbons (Fsp3) is 0.190. The highest BCUT2D eigenvalue weighted by atomic mass is 32.1. The predicted molar refractivity (Wildman–Crippen MR) is 109 cm³/mol. The number of thiazole rings is 1. The van der Waals surface area contributed by atoms with E-state index in [-0.39, 0.29) is 31.4 Å². The van der Waals surface area contributed by atoms with Crippen LogP contribution < -0.4 is 10.1 Å². The van der Waals surface area contributed by atoms with Crippen LogP contribution in [0.4, 0.5) is 0 Å². The maximum absolute atomic E-state index is 11.8. The summed E-state index contributed by atoms with van der Waals surface area (Å²) in [6.45, 7) is 0.355. The van der Waals surface area contributed by atoms with E-state index in [1.807, 2.05) is 48.5 Å². The van der Waals surface area contributed by atoms with E-state index in [0.717, 1.165) is 26.5 Å². The van der Waals surface area contributed by atoms with Crippen molar-refractivity contribution < 1.29 is 19.1 Å². The minimum absolute atomic E-state index is 0.104. The number of carbonyl (C=O) groups is 2. The second-order valence-corrected chi connectivity index (χ2v) is 7.00. The van der Waals surface area contributed by atoms with Gasteiger partial charge in [-0.25, -0.2) is 4.98 Å². The zero-order valence-electron chi connectivity index (χ0n) is 15.4. The van der Waals surface area contributed by atoms with Crippen LogP contribution in [0.5, 0.6) is 5.75 Å². The van der Waals surface area contributed by atoms with E-state index in [1.165, 1.54) is 17.4 Å². The third-order valence-electron chi connectivity index (χ3n) is 3.87. The quantitative estimate of drug-likeness (QED) is 0.465. The summed E-state index contributed by atoms with van der Waals surface area (Å²) >= 11 is 1.50. The van der Waals surface area contributed by atoms with E-state index in [9.17, 15) is 9.59 Å². The first-order valence-electron chi connectivity index (χ1n) is 8.74. The average molecular weight is 396 g/mol. The Morgan fingerprint density at radius 3 is 2.68 bits per heavy atom. The first kappa shape index (κ1) is 19.6. The lowest BCUT2D eigenvalue weighted by atomic mass is 10.2. The molecule has 1 aromatic heterocycles. The van der Waals surface area contributed by atoms with Crippen molar-refractivity contribution in [2.45, 2.75) is 13.0 Å². The number of ether oxygens (including phenoxy) is 2. The zero-order valence-corrected chi connectivity index (χ0v) is 16.2. The third-order valence-corrected chi connectivity index (χ3v) is 4.88. The van der Waals surface area contributed by atoms with Gasteiger partial charge in [0.2, 0.25) is 5.91 Å². The maximum Gasteiger partial charge on any atom is 0.307 e. The van der Waals surface area contributed by atoms with Crippen molar-refractivity contribution in [3.8, 4) is 5.75 Å². The Kier molecular flexibility index (Phi) is 6.75. The molecule has 28 heavy (non-hydrogen) atoms. The summed E-state index contributed by atoms with van der Waals surface area (Å²) in [6.07, 6.45) is 3.22. The highest BCUT2D eigenvalue weighted by Gasteiger charge is 2.08. The third kappa shape index (κ3) is 5.65. The molecular formula is C21H20N2O4S. The van der Waals surface area contributed by atoms with Crippen LogP contribution >= 0.6 is 11.3 Å². The van der Waals surface area contributed by atoms with Gasteiger partial charge in [-0.15, -0.1) is 11.3 Å². The summed E-state index contributed by atoms with van der Waals surface area (Å²) in [5.74, 6) is 0.111. The van der Waals surface area contributed by atoms with Gasteiger partial charge in [-0.2, -0.15) is 0 Å². The van der Waals surface area contributed by atoms with Crippen LogP contribution in [0.2, 0.25) is 0 Å². The van der Waals surface area contributed by atoms with Gasteiger partial charge in [-0.3, -0.25) is 9.59 Å². The Hall–Kier alpha value is -3.19. The van der Waals surface area contributed by atoms with Crippen LogP contribution in [0.25, 0.3) is 16.3 Å². The summed E-state index contributed by atoms with van der Waals surface area (Å²) < 4.78 is 11.4. The van der Waals surface area contributed by atoms with Gasteiger partial charge in [0.05, 0.1) is 23.7 Å². The molecule has 0 atom stereocenters. The number of esters is 1. The molecule has 3 aromatic rings. The Labute approximate surface area is 166 Å². The molecule has 0 fully saturated rings. The number of fused-ring (bicyclic) bond motifs is 1. The van der Waals surface area contributed by atoms with Crippen molar-refractivity contribution >= 4 is 39.5 Å². The Morgan fingerprint density at radius 2 is 1.93 bits per heavy atom. The number of nitrogens with one attached hydrogen (secondary N) is 1. The normalized spacial score (nSPS) is 10.9. The topological polar surface area (TPSA) is 77.5 Å². The highest BCUT2D eigenvalue weighted by Crippen LogP contribution is 2.22. The van der Waals surface area contributed by atoms with Crippen molar-refractivity contribution in [2.24, 2.45) is 0 Å². The first-order valence-corrected chi connectivity index (χ1v) is 9.56. The molecule has 6 nitrogen and oxygen atoms in total. The molecule has 0 aliphatic carbocycles.